The average Bonchev–Trinajstić information content (AvgIpc) is 2.77. The van der Waals surface area contributed by atoms with Gasteiger partial charge >= 0.3 is 0 Å². The van der Waals surface area contributed by atoms with Crippen molar-refractivity contribution in [3.8, 4) is 0 Å². The molecule has 2 aromatic rings. The number of carbonyl (C=O) groups is 2. The molecular formula is C16H14N2O2S. The molecule has 2 amide bonds. The first-order valence-electron chi connectivity index (χ1n) is 6.60. The van der Waals surface area contributed by atoms with Gasteiger partial charge in [-0.15, -0.1) is 11.8 Å². The summed E-state index contributed by atoms with van der Waals surface area (Å²) in [6, 6.07) is 16.4. The molecule has 0 aromatic heterocycles. The van der Waals surface area contributed by atoms with Crippen LogP contribution in [0.3, 0.4) is 0 Å². The van der Waals surface area contributed by atoms with E-state index in [1.165, 1.54) is 16.7 Å². The Balaban J connectivity index is 1.83. The lowest BCUT2D eigenvalue weighted by Gasteiger charge is -2.15. The standard InChI is InChI=1S/C16H14N2O2S/c17-12-8-4-5-9-13(12)21-14-10-15(19)18(16(14)20)11-6-2-1-3-7-11/h1-9,14H,10,17H2/t14-/m1/s1. The van der Waals surface area contributed by atoms with Gasteiger partial charge in [-0.1, -0.05) is 30.3 Å². The molecule has 21 heavy (non-hydrogen) atoms. The molecule has 0 unspecified atom stereocenters. The highest BCUT2D eigenvalue weighted by Gasteiger charge is 2.40. The van der Waals surface area contributed by atoms with Crippen molar-refractivity contribution >= 4 is 35.0 Å². The summed E-state index contributed by atoms with van der Waals surface area (Å²) in [5.41, 5.74) is 7.14. The lowest BCUT2D eigenvalue weighted by molar-refractivity contribution is -0.121. The van der Waals surface area contributed by atoms with E-state index in [4.69, 9.17) is 5.73 Å². The van der Waals surface area contributed by atoms with Crippen molar-refractivity contribution in [2.45, 2.75) is 16.6 Å². The molecule has 1 atom stereocenters. The van der Waals surface area contributed by atoms with Crippen molar-refractivity contribution in [1.29, 1.82) is 0 Å². The van der Waals surface area contributed by atoms with E-state index in [2.05, 4.69) is 0 Å². The third-order valence-electron chi connectivity index (χ3n) is 3.31. The first-order valence-corrected chi connectivity index (χ1v) is 7.48. The molecule has 4 nitrogen and oxygen atoms in total. The van der Waals surface area contributed by atoms with Crippen LogP contribution < -0.4 is 10.6 Å². The van der Waals surface area contributed by atoms with Gasteiger partial charge in [-0.05, 0) is 24.3 Å². The van der Waals surface area contributed by atoms with Crippen LogP contribution in [0.2, 0.25) is 0 Å². The van der Waals surface area contributed by atoms with E-state index in [1.54, 1.807) is 18.2 Å². The van der Waals surface area contributed by atoms with Crippen molar-refractivity contribution < 1.29 is 9.59 Å². The van der Waals surface area contributed by atoms with E-state index < -0.39 is 5.25 Å². The lowest BCUT2D eigenvalue weighted by atomic mass is 10.3. The fourth-order valence-electron chi connectivity index (χ4n) is 2.29. The van der Waals surface area contributed by atoms with Gasteiger partial charge in [0.05, 0.1) is 10.9 Å². The predicted molar refractivity (Wildman–Crippen MR) is 84.1 cm³/mol. The number of benzene rings is 2. The number of rotatable bonds is 3. The van der Waals surface area contributed by atoms with E-state index in [0.29, 0.717) is 11.4 Å². The molecule has 3 rings (SSSR count). The fourth-order valence-corrected chi connectivity index (χ4v) is 3.39. The Bertz CT molecular complexity index is 688. The molecule has 0 bridgehead atoms. The molecule has 2 aromatic carbocycles. The highest BCUT2D eigenvalue weighted by molar-refractivity contribution is 8.00. The molecule has 1 aliphatic heterocycles. The quantitative estimate of drug-likeness (QED) is 0.699. The summed E-state index contributed by atoms with van der Waals surface area (Å²) in [6.07, 6.45) is 0.201. The fraction of sp³-hybridized carbons (Fsp3) is 0.125. The summed E-state index contributed by atoms with van der Waals surface area (Å²) in [7, 11) is 0. The maximum absolute atomic E-state index is 12.5. The number of nitrogen functional groups attached to an aromatic ring is 1. The minimum Gasteiger partial charge on any atom is -0.398 e. The SMILES string of the molecule is Nc1ccccc1S[C@@H]1CC(=O)N(c2ccccc2)C1=O. The van der Waals surface area contributed by atoms with Crippen molar-refractivity contribution in [2.75, 3.05) is 10.6 Å². The summed E-state index contributed by atoms with van der Waals surface area (Å²) in [6.45, 7) is 0. The number of para-hydroxylation sites is 2. The maximum atomic E-state index is 12.5. The van der Waals surface area contributed by atoms with Gasteiger partial charge < -0.3 is 5.73 Å². The topological polar surface area (TPSA) is 63.4 Å². The van der Waals surface area contributed by atoms with E-state index in [9.17, 15) is 9.59 Å². The van der Waals surface area contributed by atoms with Crippen LogP contribution in [-0.4, -0.2) is 17.1 Å². The van der Waals surface area contributed by atoms with Gasteiger partial charge in [0.25, 0.3) is 0 Å². The maximum Gasteiger partial charge on any atom is 0.247 e. The number of hydrogen-bond donors (Lipinski definition) is 1. The third kappa shape index (κ3) is 2.64. The average molecular weight is 298 g/mol. The highest BCUT2D eigenvalue weighted by atomic mass is 32.2. The van der Waals surface area contributed by atoms with Gasteiger partial charge in [0.2, 0.25) is 11.8 Å². The zero-order valence-corrected chi connectivity index (χ0v) is 12.0. The smallest absolute Gasteiger partial charge is 0.247 e. The molecular weight excluding hydrogens is 284 g/mol. The normalized spacial score (nSPS) is 18.3. The molecule has 106 valence electrons. The largest absolute Gasteiger partial charge is 0.398 e. The van der Waals surface area contributed by atoms with Gasteiger partial charge in [0.15, 0.2) is 0 Å². The van der Waals surface area contributed by atoms with E-state index in [0.717, 1.165) is 4.90 Å². The third-order valence-corrected chi connectivity index (χ3v) is 4.59. The Kier molecular flexibility index (Phi) is 3.66. The molecule has 1 saturated heterocycles. The van der Waals surface area contributed by atoms with E-state index >= 15 is 0 Å². The molecule has 1 aliphatic rings. The predicted octanol–water partition coefficient (Wildman–Crippen LogP) is 2.69. The van der Waals surface area contributed by atoms with Crippen molar-refractivity contribution in [2.24, 2.45) is 0 Å². The van der Waals surface area contributed by atoms with Crippen LogP contribution in [0.1, 0.15) is 6.42 Å². The molecule has 1 fully saturated rings. The van der Waals surface area contributed by atoms with E-state index in [-0.39, 0.29) is 18.2 Å². The number of imide groups is 1. The zero-order valence-electron chi connectivity index (χ0n) is 11.2. The summed E-state index contributed by atoms with van der Waals surface area (Å²) < 4.78 is 0. The van der Waals surface area contributed by atoms with Gasteiger partial charge in [-0.2, -0.15) is 0 Å². The summed E-state index contributed by atoms with van der Waals surface area (Å²) >= 11 is 1.35. The second-order valence-electron chi connectivity index (χ2n) is 4.75. The van der Waals surface area contributed by atoms with E-state index in [1.807, 2.05) is 36.4 Å². The number of anilines is 2. The van der Waals surface area contributed by atoms with Crippen LogP contribution in [0.25, 0.3) is 0 Å². The van der Waals surface area contributed by atoms with Crippen LogP contribution in [0.5, 0.6) is 0 Å². The van der Waals surface area contributed by atoms with Crippen molar-refractivity contribution in [3.05, 3.63) is 54.6 Å². The Morgan fingerprint density at radius 3 is 2.38 bits per heavy atom. The second-order valence-corrected chi connectivity index (χ2v) is 6.00. The van der Waals surface area contributed by atoms with Gasteiger partial charge in [-0.25, -0.2) is 4.90 Å². The molecule has 0 spiro atoms. The van der Waals surface area contributed by atoms with Crippen LogP contribution in [0, 0.1) is 0 Å². The van der Waals surface area contributed by atoms with Gasteiger partial charge in [-0.3, -0.25) is 9.59 Å². The summed E-state index contributed by atoms with van der Waals surface area (Å²) in [4.78, 5) is 26.7. The Morgan fingerprint density at radius 2 is 1.67 bits per heavy atom. The number of thioether (sulfide) groups is 1. The minimum atomic E-state index is -0.414. The zero-order chi connectivity index (χ0) is 14.8. The first kappa shape index (κ1) is 13.7. The Hall–Kier alpha value is -2.27. The molecule has 1 heterocycles. The second kappa shape index (κ2) is 5.61. The van der Waals surface area contributed by atoms with Gasteiger partial charge in [0, 0.05) is 17.0 Å². The van der Waals surface area contributed by atoms with Crippen LogP contribution in [-0.2, 0) is 9.59 Å². The van der Waals surface area contributed by atoms with Crippen molar-refractivity contribution in [3.63, 3.8) is 0 Å². The van der Waals surface area contributed by atoms with Crippen LogP contribution in [0.4, 0.5) is 11.4 Å². The molecule has 0 aliphatic carbocycles. The first-order chi connectivity index (χ1) is 10.2. The lowest BCUT2D eigenvalue weighted by Crippen LogP contribution is -2.31. The van der Waals surface area contributed by atoms with Crippen molar-refractivity contribution in [1.82, 2.24) is 0 Å². The Labute approximate surface area is 126 Å². The molecule has 2 N–H and O–H groups in total. The van der Waals surface area contributed by atoms with Crippen LogP contribution >= 0.6 is 11.8 Å². The summed E-state index contributed by atoms with van der Waals surface area (Å²) in [5, 5.41) is -0.414. The van der Waals surface area contributed by atoms with Gasteiger partial charge in [0.1, 0.15) is 0 Å². The molecule has 0 saturated carbocycles. The molecule has 5 heteroatoms. The van der Waals surface area contributed by atoms with Crippen LogP contribution in [0.15, 0.2) is 59.5 Å². The monoisotopic (exact) mass is 298 g/mol. The molecule has 0 radical (unpaired) electrons. The highest BCUT2D eigenvalue weighted by Crippen LogP contribution is 2.36. The minimum absolute atomic E-state index is 0.168. The number of amides is 2. The Morgan fingerprint density at radius 1 is 1.00 bits per heavy atom. The number of carbonyl (C=O) groups excluding carboxylic acids is 2. The summed E-state index contributed by atoms with van der Waals surface area (Å²) in [5.74, 6) is -0.349. The number of hydrogen-bond acceptors (Lipinski definition) is 4. The number of nitrogens with zero attached hydrogens (tertiary/aromatic N) is 1. The number of nitrogens with two attached hydrogens (primary N) is 1.